The van der Waals surface area contributed by atoms with Crippen LogP contribution in [0.3, 0.4) is 0 Å². The zero-order valence-electron chi connectivity index (χ0n) is 16.8. The van der Waals surface area contributed by atoms with Gasteiger partial charge in [0.25, 0.3) is 11.8 Å². The zero-order chi connectivity index (χ0) is 21.6. The topological polar surface area (TPSA) is 99.9 Å². The van der Waals surface area contributed by atoms with Crippen LogP contribution < -0.4 is 20.5 Å². The molecular formula is C22H25BrN2O5. The smallest absolute Gasteiger partial charge is 0.255 e. The van der Waals surface area contributed by atoms with Crippen molar-refractivity contribution in [2.45, 2.75) is 18.3 Å². The second-order valence-corrected chi connectivity index (χ2v) is 8.12. The van der Waals surface area contributed by atoms with Gasteiger partial charge >= 0.3 is 0 Å². The first-order valence-electron chi connectivity index (χ1n) is 9.65. The molecule has 7 nitrogen and oxygen atoms in total. The first-order valence-corrected chi connectivity index (χ1v) is 10.4. The Morgan fingerprint density at radius 2 is 1.93 bits per heavy atom. The maximum absolute atomic E-state index is 12.9. The van der Waals surface area contributed by atoms with Crippen molar-refractivity contribution in [1.29, 1.82) is 0 Å². The molecule has 0 aliphatic carbocycles. The van der Waals surface area contributed by atoms with E-state index in [0.29, 0.717) is 36.8 Å². The number of benzene rings is 2. The van der Waals surface area contributed by atoms with Crippen molar-refractivity contribution in [3.05, 3.63) is 58.1 Å². The Morgan fingerprint density at radius 1 is 1.17 bits per heavy atom. The second kappa shape index (κ2) is 9.95. The molecule has 2 aromatic carbocycles. The first kappa shape index (κ1) is 22.1. The Labute approximate surface area is 184 Å². The maximum Gasteiger partial charge on any atom is 0.255 e. The third kappa shape index (κ3) is 5.31. The molecule has 0 unspecified atom stereocenters. The number of nitrogens with one attached hydrogen (secondary N) is 1. The molecule has 1 saturated heterocycles. The lowest BCUT2D eigenvalue weighted by Gasteiger charge is -2.38. The highest BCUT2D eigenvalue weighted by Crippen LogP contribution is 2.35. The summed E-state index contributed by atoms with van der Waals surface area (Å²) in [6.07, 6.45) is 1.65. The predicted molar refractivity (Wildman–Crippen MR) is 116 cm³/mol. The predicted octanol–water partition coefficient (Wildman–Crippen LogP) is 2.80. The van der Waals surface area contributed by atoms with E-state index < -0.39 is 5.91 Å². The van der Waals surface area contributed by atoms with E-state index in [2.05, 4.69) is 33.4 Å². The zero-order valence-corrected chi connectivity index (χ0v) is 18.4. The van der Waals surface area contributed by atoms with Crippen LogP contribution in [-0.4, -0.2) is 45.3 Å². The lowest BCUT2D eigenvalue weighted by Crippen LogP contribution is -2.44. The van der Waals surface area contributed by atoms with Crippen LogP contribution in [0.5, 0.6) is 11.5 Å². The highest BCUT2D eigenvalue weighted by atomic mass is 79.9. The number of halogens is 1. The van der Waals surface area contributed by atoms with Gasteiger partial charge in [0.05, 0.1) is 7.11 Å². The standard InChI is InChI=1S/C22H25BrN2O5/c1-28-19-11-15(5-6-18(19)30-13-20(24)26)21(27)25-14-22(7-9-29-10-8-22)16-3-2-4-17(23)12-16/h2-6,11-12H,7-10,13-14H2,1H3,(H2,24,26)(H,25,27). The summed E-state index contributed by atoms with van der Waals surface area (Å²) in [7, 11) is 1.47. The average molecular weight is 477 g/mol. The van der Waals surface area contributed by atoms with Crippen molar-refractivity contribution in [2.75, 3.05) is 33.5 Å². The Morgan fingerprint density at radius 3 is 2.60 bits per heavy atom. The fourth-order valence-corrected chi connectivity index (χ4v) is 3.98. The minimum Gasteiger partial charge on any atom is -0.493 e. The van der Waals surface area contributed by atoms with Crippen molar-refractivity contribution in [3.8, 4) is 11.5 Å². The molecule has 1 fully saturated rings. The van der Waals surface area contributed by atoms with Crippen LogP contribution in [0.15, 0.2) is 46.9 Å². The Kier molecular flexibility index (Phi) is 7.33. The van der Waals surface area contributed by atoms with E-state index in [1.807, 2.05) is 12.1 Å². The molecule has 2 aromatic rings. The monoisotopic (exact) mass is 476 g/mol. The summed E-state index contributed by atoms with van der Waals surface area (Å²) in [5.41, 5.74) is 6.54. The Bertz CT molecular complexity index is 912. The number of carbonyl (C=O) groups excluding carboxylic acids is 2. The molecule has 30 heavy (non-hydrogen) atoms. The van der Waals surface area contributed by atoms with Crippen LogP contribution in [0.1, 0.15) is 28.8 Å². The van der Waals surface area contributed by atoms with Gasteiger partial charge in [0.2, 0.25) is 0 Å². The number of ether oxygens (including phenoxy) is 3. The van der Waals surface area contributed by atoms with E-state index >= 15 is 0 Å². The van der Waals surface area contributed by atoms with Gasteiger partial charge in [-0.15, -0.1) is 0 Å². The fraction of sp³-hybridized carbons (Fsp3) is 0.364. The van der Waals surface area contributed by atoms with E-state index in [1.54, 1.807) is 18.2 Å². The number of nitrogens with two attached hydrogens (primary N) is 1. The third-order valence-corrected chi connectivity index (χ3v) is 5.76. The van der Waals surface area contributed by atoms with Gasteiger partial charge in [-0.1, -0.05) is 28.1 Å². The number of hydrogen-bond acceptors (Lipinski definition) is 5. The number of hydrogen-bond donors (Lipinski definition) is 2. The van der Waals surface area contributed by atoms with Crippen molar-refractivity contribution in [1.82, 2.24) is 5.32 Å². The summed E-state index contributed by atoms with van der Waals surface area (Å²) < 4.78 is 17.2. The number of amides is 2. The summed E-state index contributed by atoms with van der Waals surface area (Å²) in [4.78, 5) is 23.8. The largest absolute Gasteiger partial charge is 0.493 e. The number of methoxy groups -OCH3 is 1. The van der Waals surface area contributed by atoms with Crippen LogP contribution in [0.2, 0.25) is 0 Å². The lowest BCUT2D eigenvalue weighted by molar-refractivity contribution is -0.119. The first-order chi connectivity index (χ1) is 14.4. The van der Waals surface area contributed by atoms with Gasteiger partial charge in [0, 0.05) is 35.2 Å². The summed E-state index contributed by atoms with van der Waals surface area (Å²) in [5.74, 6) is -0.0941. The Hall–Kier alpha value is -2.58. The van der Waals surface area contributed by atoms with E-state index in [-0.39, 0.29) is 17.9 Å². The number of rotatable bonds is 8. The molecule has 0 radical (unpaired) electrons. The van der Waals surface area contributed by atoms with Gasteiger partial charge in [-0.25, -0.2) is 0 Å². The van der Waals surface area contributed by atoms with Crippen molar-refractivity contribution in [3.63, 3.8) is 0 Å². The van der Waals surface area contributed by atoms with Crippen LogP contribution in [-0.2, 0) is 14.9 Å². The summed E-state index contributed by atoms with van der Waals surface area (Å²) in [6, 6.07) is 13.0. The molecule has 1 aliphatic heterocycles. The number of carbonyl (C=O) groups is 2. The molecule has 0 atom stereocenters. The summed E-state index contributed by atoms with van der Waals surface area (Å²) in [5, 5.41) is 3.07. The SMILES string of the molecule is COc1cc(C(=O)NCC2(c3cccc(Br)c3)CCOCC2)ccc1OCC(N)=O. The van der Waals surface area contributed by atoms with Gasteiger partial charge in [-0.05, 0) is 48.7 Å². The van der Waals surface area contributed by atoms with E-state index in [1.165, 1.54) is 12.7 Å². The molecule has 3 N–H and O–H groups in total. The van der Waals surface area contributed by atoms with Gasteiger partial charge in [0.15, 0.2) is 18.1 Å². The van der Waals surface area contributed by atoms with E-state index in [0.717, 1.165) is 17.3 Å². The minimum atomic E-state index is -0.590. The molecule has 8 heteroatoms. The van der Waals surface area contributed by atoms with Crippen LogP contribution in [0.25, 0.3) is 0 Å². The maximum atomic E-state index is 12.9. The summed E-state index contributed by atoms with van der Waals surface area (Å²) >= 11 is 3.54. The molecule has 0 spiro atoms. The van der Waals surface area contributed by atoms with Crippen molar-refractivity contribution in [2.24, 2.45) is 5.73 Å². The van der Waals surface area contributed by atoms with Crippen LogP contribution in [0.4, 0.5) is 0 Å². The average Bonchev–Trinajstić information content (AvgIpc) is 2.76. The molecule has 1 heterocycles. The van der Waals surface area contributed by atoms with E-state index in [4.69, 9.17) is 19.9 Å². The van der Waals surface area contributed by atoms with Gasteiger partial charge in [0.1, 0.15) is 0 Å². The molecule has 0 saturated carbocycles. The van der Waals surface area contributed by atoms with Gasteiger partial charge in [-0.2, -0.15) is 0 Å². The molecule has 160 valence electrons. The molecule has 3 rings (SSSR count). The van der Waals surface area contributed by atoms with E-state index in [9.17, 15) is 9.59 Å². The Balaban J connectivity index is 1.75. The lowest BCUT2D eigenvalue weighted by atomic mass is 9.74. The molecular weight excluding hydrogens is 452 g/mol. The molecule has 1 aliphatic rings. The molecule has 0 aromatic heterocycles. The van der Waals surface area contributed by atoms with Gasteiger partial charge in [-0.3, -0.25) is 9.59 Å². The van der Waals surface area contributed by atoms with Gasteiger partial charge < -0.3 is 25.3 Å². The quantitative estimate of drug-likeness (QED) is 0.609. The van der Waals surface area contributed by atoms with Crippen molar-refractivity contribution < 1.29 is 23.8 Å². The minimum absolute atomic E-state index is 0.188. The van der Waals surface area contributed by atoms with Crippen molar-refractivity contribution >= 4 is 27.7 Å². The number of primary amides is 1. The van der Waals surface area contributed by atoms with Crippen LogP contribution in [0, 0.1) is 0 Å². The second-order valence-electron chi connectivity index (χ2n) is 7.21. The fourth-order valence-electron chi connectivity index (χ4n) is 3.58. The highest BCUT2D eigenvalue weighted by Gasteiger charge is 2.35. The molecule has 2 amide bonds. The van der Waals surface area contributed by atoms with Crippen LogP contribution >= 0.6 is 15.9 Å². The third-order valence-electron chi connectivity index (χ3n) is 5.27. The molecule has 0 bridgehead atoms. The highest BCUT2D eigenvalue weighted by molar-refractivity contribution is 9.10. The summed E-state index contributed by atoms with van der Waals surface area (Å²) in [6.45, 7) is 1.54. The normalized spacial score (nSPS) is 15.3.